The summed E-state index contributed by atoms with van der Waals surface area (Å²) in [6.07, 6.45) is 4.88. The molecule has 0 saturated carbocycles. The zero-order chi connectivity index (χ0) is 20.6. The SMILES string of the molecule is CC(C)(C)c1ccc(C(=O)N2CCN(C(=O)c3cnn4c3CCCC4)CC2)cc1. The second-order valence-electron chi connectivity index (χ2n) is 9.10. The van der Waals surface area contributed by atoms with E-state index < -0.39 is 0 Å². The van der Waals surface area contributed by atoms with Crippen molar-refractivity contribution in [1.29, 1.82) is 0 Å². The van der Waals surface area contributed by atoms with Crippen LogP contribution in [0.2, 0.25) is 0 Å². The molecule has 0 radical (unpaired) electrons. The van der Waals surface area contributed by atoms with Crippen LogP contribution in [0.4, 0.5) is 0 Å². The van der Waals surface area contributed by atoms with Gasteiger partial charge in [-0.15, -0.1) is 0 Å². The lowest BCUT2D eigenvalue weighted by Crippen LogP contribution is -2.50. The van der Waals surface area contributed by atoms with E-state index in [2.05, 4.69) is 25.9 Å². The smallest absolute Gasteiger partial charge is 0.257 e. The van der Waals surface area contributed by atoms with E-state index in [1.54, 1.807) is 6.20 Å². The van der Waals surface area contributed by atoms with E-state index >= 15 is 0 Å². The molecule has 1 saturated heterocycles. The Morgan fingerprint density at radius 3 is 2.10 bits per heavy atom. The molecule has 6 heteroatoms. The average Bonchev–Trinajstić information content (AvgIpc) is 3.16. The molecule has 0 aliphatic carbocycles. The van der Waals surface area contributed by atoms with Gasteiger partial charge in [0, 0.05) is 38.3 Å². The van der Waals surface area contributed by atoms with Crippen molar-refractivity contribution >= 4 is 11.8 Å². The maximum atomic E-state index is 13.0. The molecule has 1 aromatic carbocycles. The van der Waals surface area contributed by atoms with Crippen LogP contribution in [-0.2, 0) is 18.4 Å². The van der Waals surface area contributed by atoms with Crippen LogP contribution in [0, 0.1) is 0 Å². The quantitative estimate of drug-likeness (QED) is 0.786. The van der Waals surface area contributed by atoms with Crippen molar-refractivity contribution in [2.24, 2.45) is 0 Å². The maximum Gasteiger partial charge on any atom is 0.257 e. The van der Waals surface area contributed by atoms with Gasteiger partial charge >= 0.3 is 0 Å². The number of aromatic nitrogens is 2. The Bertz CT molecular complexity index is 900. The number of benzene rings is 1. The summed E-state index contributed by atoms with van der Waals surface area (Å²) in [5.74, 6) is 0.0928. The minimum absolute atomic E-state index is 0.0421. The molecule has 0 spiro atoms. The van der Waals surface area contributed by atoms with Gasteiger partial charge in [-0.25, -0.2) is 0 Å². The first-order chi connectivity index (χ1) is 13.8. The van der Waals surface area contributed by atoms with Crippen LogP contribution in [-0.4, -0.2) is 57.6 Å². The number of amides is 2. The summed E-state index contributed by atoms with van der Waals surface area (Å²) in [5.41, 5.74) is 3.80. The maximum absolute atomic E-state index is 13.0. The van der Waals surface area contributed by atoms with Gasteiger partial charge in [-0.05, 0) is 42.4 Å². The summed E-state index contributed by atoms with van der Waals surface area (Å²) >= 11 is 0. The van der Waals surface area contributed by atoms with Crippen LogP contribution in [0.5, 0.6) is 0 Å². The lowest BCUT2D eigenvalue weighted by Gasteiger charge is -2.35. The summed E-state index contributed by atoms with van der Waals surface area (Å²) in [7, 11) is 0. The molecule has 4 rings (SSSR count). The molecule has 29 heavy (non-hydrogen) atoms. The van der Waals surface area contributed by atoms with Gasteiger partial charge < -0.3 is 9.80 Å². The molecular formula is C23H30N4O2. The molecule has 0 unspecified atom stereocenters. The standard InChI is InChI=1S/C23H30N4O2/c1-23(2,3)18-9-7-17(8-10-18)21(28)25-12-14-26(15-13-25)22(29)19-16-24-27-11-5-4-6-20(19)27/h7-10,16H,4-6,11-15H2,1-3H3. The van der Waals surface area contributed by atoms with Crippen LogP contribution in [0.1, 0.15) is 65.6 Å². The van der Waals surface area contributed by atoms with Crippen LogP contribution < -0.4 is 0 Å². The van der Waals surface area contributed by atoms with Gasteiger partial charge in [-0.2, -0.15) is 5.10 Å². The fourth-order valence-corrected chi connectivity index (χ4v) is 4.18. The first-order valence-electron chi connectivity index (χ1n) is 10.6. The van der Waals surface area contributed by atoms with E-state index in [4.69, 9.17) is 0 Å². The Kier molecular flexibility index (Phi) is 5.19. The molecule has 154 valence electrons. The number of rotatable bonds is 2. The summed E-state index contributed by atoms with van der Waals surface area (Å²) in [6, 6.07) is 7.91. The highest BCUT2D eigenvalue weighted by atomic mass is 16.2. The Balaban J connectivity index is 1.38. The average molecular weight is 395 g/mol. The van der Waals surface area contributed by atoms with E-state index in [0.29, 0.717) is 31.7 Å². The van der Waals surface area contributed by atoms with Gasteiger partial charge in [0.2, 0.25) is 0 Å². The van der Waals surface area contributed by atoms with Crippen LogP contribution in [0.15, 0.2) is 30.5 Å². The van der Waals surface area contributed by atoms with Gasteiger partial charge in [-0.1, -0.05) is 32.9 Å². The first kappa shape index (κ1) is 19.7. The number of aryl methyl sites for hydroxylation is 1. The molecule has 2 aliphatic heterocycles. The molecule has 2 amide bonds. The Morgan fingerprint density at radius 2 is 1.48 bits per heavy atom. The third kappa shape index (κ3) is 3.93. The highest BCUT2D eigenvalue weighted by molar-refractivity contribution is 5.96. The highest BCUT2D eigenvalue weighted by Gasteiger charge is 2.28. The number of hydrogen-bond acceptors (Lipinski definition) is 3. The molecule has 1 aromatic heterocycles. The zero-order valence-corrected chi connectivity index (χ0v) is 17.6. The number of hydrogen-bond donors (Lipinski definition) is 0. The topological polar surface area (TPSA) is 58.4 Å². The van der Waals surface area contributed by atoms with E-state index in [9.17, 15) is 9.59 Å². The van der Waals surface area contributed by atoms with Crippen molar-refractivity contribution in [3.63, 3.8) is 0 Å². The summed E-state index contributed by atoms with van der Waals surface area (Å²) < 4.78 is 1.97. The van der Waals surface area contributed by atoms with Crippen molar-refractivity contribution in [2.75, 3.05) is 26.2 Å². The minimum atomic E-state index is 0.0421. The highest BCUT2D eigenvalue weighted by Crippen LogP contribution is 2.23. The molecule has 0 N–H and O–H groups in total. The summed E-state index contributed by atoms with van der Waals surface area (Å²) in [4.78, 5) is 29.6. The minimum Gasteiger partial charge on any atom is -0.335 e. The number of carbonyl (C=O) groups is 2. The summed E-state index contributed by atoms with van der Waals surface area (Å²) in [6.45, 7) is 9.65. The van der Waals surface area contributed by atoms with Crippen molar-refractivity contribution in [1.82, 2.24) is 19.6 Å². The monoisotopic (exact) mass is 394 g/mol. The predicted octanol–water partition coefficient (Wildman–Crippen LogP) is 3.12. The van der Waals surface area contributed by atoms with Crippen LogP contribution in [0.3, 0.4) is 0 Å². The normalized spacial score (nSPS) is 17.2. The van der Waals surface area contributed by atoms with Crippen LogP contribution in [0.25, 0.3) is 0 Å². The Morgan fingerprint density at radius 1 is 0.862 bits per heavy atom. The molecule has 2 aliphatic rings. The third-order valence-electron chi connectivity index (χ3n) is 6.06. The van der Waals surface area contributed by atoms with E-state index in [-0.39, 0.29) is 17.2 Å². The molecule has 1 fully saturated rings. The number of nitrogens with zero attached hydrogens (tertiary/aromatic N) is 4. The molecular weight excluding hydrogens is 364 g/mol. The first-order valence-corrected chi connectivity index (χ1v) is 10.6. The third-order valence-corrected chi connectivity index (χ3v) is 6.06. The Hall–Kier alpha value is -2.63. The van der Waals surface area contributed by atoms with Gasteiger partial charge in [0.05, 0.1) is 17.5 Å². The molecule has 6 nitrogen and oxygen atoms in total. The predicted molar refractivity (Wildman–Crippen MR) is 112 cm³/mol. The molecule has 2 aromatic rings. The number of piperazine rings is 1. The fraction of sp³-hybridized carbons (Fsp3) is 0.522. The van der Waals surface area contributed by atoms with Gasteiger partial charge in [0.15, 0.2) is 0 Å². The largest absolute Gasteiger partial charge is 0.335 e. The zero-order valence-electron chi connectivity index (χ0n) is 17.6. The van der Waals surface area contributed by atoms with E-state index in [1.165, 1.54) is 5.56 Å². The lowest BCUT2D eigenvalue weighted by molar-refractivity contribution is 0.0534. The van der Waals surface area contributed by atoms with Crippen LogP contribution >= 0.6 is 0 Å². The van der Waals surface area contributed by atoms with Gasteiger partial charge in [0.1, 0.15) is 0 Å². The molecule has 3 heterocycles. The number of fused-ring (bicyclic) bond motifs is 1. The van der Waals surface area contributed by atoms with Crippen molar-refractivity contribution in [3.8, 4) is 0 Å². The lowest BCUT2D eigenvalue weighted by atomic mass is 9.86. The van der Waals surface area contributed by atoms with E-state index in [0.717, 1.165) is 37.1 Å². The van der Waals surface area contributed by atoms with E-state index in [1.807, 2.05) is 38.7 Å². The molecule has 0 bridgehead atoms. The fourth-order valence-electron chi connectivity index (χ4n) is 4.18. The van der Waals surface area contributed by atoms with Crippen molar-refractivity contribution in [2.45, 2.75) is 52.0 Å². The Labute approximate surface area is 172 Å². The summed E-state index contributed by atoms with van der Waals surface area (Å²) in [5, 5.41) is 4.38. The van der Waals surface area contributed by atoms with Crippen molar-refractivity contribution in [3.05, 3.63) is 52.8 Å². The van der Waals surface area contributed by atoms with Gasteiger partial charge in [0.25, 0.3) is 11.8 Å². The second kappa shape index (κ2) is 7.65. The number of carbonyl (C=O) groups excluding carboxylic acids is 2. The van der Waals surface area contributed by atoms with Gasteiger partial charge in [-0.3, -0.25) is 14.3 Å². The second-order valence-corrected chi connectivity index (χ2v) is 9.10. The van der Waals surface area contributed by atoms with Crippen molar-refractivity contribution < 1.29 is 9.59 Å². The molecule has 0 atom stereocenters.